The van der Waals surface area contributed by atoms with E-state index in [4.69, 9.17) is 0 Å². The summed E-state index contributed by atoms with van der Waals surface area (Å²) >= 11 is 0. The van der Waals surface area contributed by atoms with Crippen LogP contribution >= 0.6 is 0 Å². The van der Waals surface area contributed by atoms with Crippen LogP contribution in [0.15, 0.2) is 60.8 Å². The fraction of sp³-hybridized carbons (Fsp3) is 0.0556. The first-order valence-corrected chi connectivity index (χ1v) is 6.98. The number of rotatable bonds is 3. The second-order valence-corrected chi connectivity index (χ2v) is 5.12. The summed E-state index contributed by atoms with van der Waals surface area (Å²) in [6.45, 7) is 0.811. The Morgan fingerprint density at radius 2 is 1.95 bits per heavy atom. The van der Waals surface area contributed by atoms with Gasteiger partial charge in [-0.05, 0) is 24.3 Å². The van der Waals surface area contributed by atoms with Crippen LogP contribution in [0.1, 0.15) is 21.6 Å². The van der Waals surface area contributed by atoms with Crippen LogP contribution in [0.3, 0.4) is 0 Å². The van der Waals surface area contributed by atoms with E-state index in [9.17, 15) is 4.79 Å². The summed E-state index contributed by atoms with van der Waals surface area (Å²) in [5.41, 5.74) is 4.50. The largest absolute Gasteiger partial charge is 0.360 e. The highest BCUT2D eigenvalue weighted by atomic mass is 16.1. The lowest BCUT2D eigenvalue weighted by atomic mass is 10.0. The number of aromatic amines is 1. The average Bonchev–Trinajstić information content (AvgIpc) is 3.23. The predicted molar refractivity (Wildman–Crippen MR) is 83.1 cm³/mol. The van der Waals surface area contributed by atoms with E-state index in [-0.39, 0.29) is 5.78 Å². The lowest BCUT2D eigenvalue weighted by Crippen LogP contribution is -2.04. The fourth-order valence-corrected chi connectivity index (χ4v) is 2.87. The third-order valence-corrected chi connectivity index (χ3v) is 3.84. The van der Waals surface area contributed by atoms with Crippen molar-refractivity contribution in [3.63, 3.8) is 0 Å². The van der Waals surface area contributed by atoms with Crippen LogP contribution in [0.4, 0.5) is 0 Å². The maximum Gasteiger partial charge on any atom is 0.195 e. The van der Waals surface area contributed by atoms with Gasteiger partial charge < -0.3 is 9.55 Å². The Labute approximate surface area is 122 Å². The zero-order valence-electron chi connectivity index (χ0n) is 11.4. The summed E-state index contributed by atoms with van der Waals surface area (Å²) in [6, 6.07) is 15.4. The van der Waals surface area contributed by atoms with Crippen molar-refractivity contribution in [1.82, 2.24) is 9.55 Å². The minimum Gasteiger partial charge on any atom is -0.360 e. The summed E-state index contributed by atoms with van der Waals surface area (Å²) < 4.78 is 2.17. The molecule has 0 bridgehead atoms. The Kier molecular flexibility index (Phi) is 2.64. The zero-order chi connectivity index (χ0) is 14.2. The Hall–Kier alpha value is -2.81. The van der Waals surface area contributed by atoms with E-state index >= 15 is 0 Å². The van der Waals surface area contributed by atoms with Crippen LogP contribution in [-0.4, -0.2) is 15.3 Å². The number of allylic oxidation sites excluding steroid dienone is 1. The lowest BCUT2D eigenvalue weighted by Gasteiger charge is -2.07. The number of carbonyl (C=O) groups is 1. The average molecular weight is 274 g/mol. The van der Waals surface area contributed by atoms with Gasteiger partial charge in [-0.25, -0.2) is 0 Å². The van der Waals surface area contributed by atoms with Crippen molar-refractivity contribution in [1.29, 1.82) is 0 Å². The monoisotopic (exact) mass is 274 g/mol. The number of fused-ring (bicyclic) bond motifs is 1. The number of hydrogen-bond acceptors (Lipinski definition) is 1. The number of benzene rings is 1. The highest BCUT2D eigenvalue weighted by Gasteiger charge is 2.23. The van der Waals surface area contributed by atoms with Crippen LogP contribution in [-0.2, 0) is 6.54 Å². The maximum atomic E-state index is 12.8. The first-order chi connectivity index (χ1) is 10.3. The quantitative estimate of drug-likeness (QED) is 0.726. The van der Waals surface area contributed by atoms with Gasteiger partial charge in [-0.2, -0.15) is 0 Å². The molecule has 4 rings (SSSR count). The summed E-state index contributed by atoms with van der Waals surface area (Å²) in [7, 11) is 0. The molecular weight excluding hydrogens is 260 g/mol. The van der Waals surface area contributed by atoms with E-state index in [0.717, 1.165) is 34.8 Å². The molecule has 0 atom stereocenters. The Morgan fingerprint density at radius 3 is 2.71 bits per heavy atom. The SMILES string of the molecule is O=C(c1ccccc1)c1cc2n(c1-c1ccc[nH]1)CC=C2. The minimum atomic E-state index is 0.0653. The van der Waals surface area contributed by atoms with E-state index in [1.807, 2.05) is 54.7 Å². The number of H-pyrrole nitrogens is 1. The Bertz CT molecular complexity index is 824. The number of aromatic nitrogens is 2. The van der Waals surface area contributed by atoms with Crippen molar-refractivity contribution in [2.24, 2.45) is 0 Å². The van der Waals surface area contributed by atoms with Gasteiger partial charge in [-0.1, -0.05) is 36.4 Å². The zero-order valence-corrected chi connectivity index (χ0v) is 11.4. The third-order valence-electron chi connectivity index (χ3n) is 3.84. The van der Waals surface area contributed by atoms with Crippen LogP contribution in [0.2, 0.25) is 0 Å². The molecule has 0 unspecified atom stereocenters. The molecule has 1 N–H and O–H groups in total. The molecule has 1 aliphatic rings. The molecule has 3 aromatic rings. The molecule has 21 heavy (non-hydrogen) atoms. The molecule has 3 nitrogen and oxygen atoms in total. The Balaban J connectivity index is 1.90. The predicted octanol–water partition coefficient (Wildman–Crippen LogP) is 3.74. The molecule has 0 radical (unpaired) electrons. The molecule has 0 fully saturated rings. The van der Waals surface area contributed by atoms with E-state index in [1.165, 1.54) is 0 Å². The molecule has 1 aliphatic heterocycles. The van der Waals surface area contributed by atoms with Crippen LogP contribution < -0.4 is 0 Å². The van der Waals surface area contributed by atoms with Crippen molar-refractivity contribution in [3.8, 4) is 11.4 Å². The van der Waals surface area contributed by atoms with Crippen LogP contribution in [0, 0.1) is 0 Å². The normalized spacial score (nSPS) is 12.6. The summed E-state index contributed by atoms with van der Waals surface area (Å²) in [6.07, 6.45) is 6.06. The molecule has 3 heteroatoms. The Morgan fingerprint density at radius 1 is 1.10 bits per heavy atom. The van der Waals surface area contributed by atoms with Gasteiger partial charge in [0.15, 0.2) is 5.78 Å². The number of nitrogens with one attached hydrogen (secondary N) is 1. The van der Waals surface area contributed by atoms with Gasteiger partial charge in [0.1, 0.15) is 0 Å². The molecule has 0 saturated carbocycles. The van der Waals surface area contributed by atoms with Gasteiger partial charge in [-0.3, -0.25) is 4.79 Å². The molecule has 2 aromatic heterocycles. The number of nitrogens with zero attached hydrogens (tertiary/aromatic N) is 1. The topological polar surface area (TPSA) is 37.8 Å². The highest BCUT2D eigenvalue weighted by molar-refractivity contribution is 6.13. The molecular formula is C18H14N2O. The molecule has 102 valence electrons. The fourth-order valence-electron chi connectivity index (χ4n) is 2.87. The first-order valence-electron chi connectivity index (χ1n) is 6.98. The third kappa shape index (κ3) is 1.86. The van der Waals surface area contributed by atoms with Gasteiger partial charge in [0, 0.05) is 24.0 Å². The highest BCUT2D eigenvalue weighted by Crippen LogP contribution is 2.31. The van der Waals surface area contributed by atoms with E-state index in [1.54, 1.807) is 0 Å². The maximum absolute atomic E-state index is 12.8. The molecule has 0 saturated heterocycles. The van der Waals surface area contributed by atoms with E-state index in [0.29, 0.717) is 0 Å². The lowest BCUT2D eigenvalue weighted by molar-refractivity contribution is 0.103. The smallest absolute Gasteiger partial charge is 0.195 e. The van der Waals surface area contributed by atoms with Crippen molar-refractivity contribution >= 4 is 11.9 Å². The van der Waals surface area contributed by atoms with Gasteiger partial charge >= 0.3 is 0 Å². The van der Waals surface area contributed by atoms with E-state index in [2.05, 4.69) is 21.7 Å². The van der Waals surface area contributed by atoms with Crippen molar-refractivity contribution < 1.29 is 4.79 Å². The van der Waals surface area contributed by atoms with Crippen molar-refractivity contribution in [3.05, 3.63) is 77.6 Å². The van der Waals surface area contributed by atoms with Crippen molar-refractivity contribution in [2.75, 3.05) is 0 Å². The standard InChI is InChI=1S/C18H14N2O/c21-18(13-6-2-1-3-7-13)15-12-14-8-5-11-20(14)17(15)16-9-4-10-19-16/h1-10,12,19H,11H2. The summed E-state index contributed by atoms with van der Waals surface area (Å²) in [4.78, 5) is 16.0. The molecule has 0 amide bonds. The second-order valence-electron chi connectivity index (χ2n) is 5.12. The molecule has 0 spiro atoms. The minimum absolute atomic E-state index is 0.0653. The van der Waals surface area contributed by atoms with Crippen molar-refractivity contribution in [2.45, 2.75) is 6.54 Å². The summed E-state index contributed by atoms with van der Waals surface area (Å²) in [5.74, 6) is 0.0653. The van der Waals surface area contributed by atoms with E-state index < -0.39 is 0 Å². The van der Waals surface area contributed by atoms with Gasteiger partial charge in [0.05, 0.1) is 17.0 Å². The van der Waals surface area contributed by atoms with Gasteiger partial charge in [0.25, 0.3) is 0 Å². The molecule has 1 aromatic carbocycles. The summed E-state index contributed by atoms with van der Waals surface area (Å²) in [5, 5.41) is 0. The van der Waals surface area contributed by atoms with Gasteiger partial charge in [-0.15, -0.1) is 0 Å². The molecule has 0 aliphatic carbocycles. The van der Waals surface area contributed by atoms with Crippen LogP contribution in [0.5, 0.6) is 0 Å². The number of hydrogen-bond donors (Lipinski definition) is 1. The number of ketones is 1. The number of carbonyl (C=O) groups excluding carboxylic acids is 1. The second kappa shape index (κ2) is 4.63. The molecule has 3 heterocycles. The van der Waals surface area contributed by atoms with Gasteiger partial charge in [0.2, 0.25) is 0 Å². The van der Waals surface area contributed by atoms with Crippen LogP contribution in [0.25, 0.3) is 17.5 Å². The first kappa shape index (κ1) is 12.0.